The number of rotatable bonds is 10. The lowest BCUT2D eigenvalue weighted by molar-refractivity contribution is -0.122. The predicted molar refractivity (Wildman–Crippen MR) is 141 cm³/mol. The first-order valence-electron chi connectivity index (χ1n) is 11.1. The smallest absolute Gasteiger partial charge is 0.227 e. The van der Waals surface area contributed by atoms with Gasteiger partial charge in [-0.3, -0.25) is 9.79 Å². The van der Waals surface area contributed by atoms with Crippen LogP contribution in [-0.4, -0.2) is 32.1 Å². The number of hydrogen-bond donors (Lipinski definition) is 3. The van der Waals surface area contributed by atoms with Gasteiger partial charge in [0.2, 0.25) is 5.91 Å². The van der Waals surface area contributed by atoms with E-state index in [-0.39, 0.29) is 35.8 Å². The number of anilines is 1. The fourth-order valence-corrected chi connectivity index (χ4v) is 3.36. The number of benzene rings is 2. The van der Waals surface area contributed by atoms with Crippen molar-refractivity contribution in [1.29, 1.82) is 0 Å². The van der Waals surface area contributed by atoms with E-state index in [0.717, 1.165) is 43.0 Å². The average Bonchev–Trinajstić information content (AvgIpc) is 2.73. The number of nitrogens with zero attached hydrogens (tertiary/aromatic N) is 1. The molecule has 32 heavy (non-hydrogen) atoms. The van der Waals surface area contributed by atoms with Crippen LogP contribution in [0.5, 0.6) is 0 Å². The molecule has 1 unspecified atom stereocenters. The largest absolute Gasteiger partial charge is 0.376 e. The van der Waals surface area contributed by atoms with Gasteiger partial charge in [-0.05, 0) is 42.0 Å². The number of carbonyl (C=O) groups is 1. The molecular weight excluding hydrogens is 515 g/mol. The quantitative estimate of drug-likeness (QED) is 0.231. The minimum atomic E-state index is 0. The monoisotopic (exact) mass is 550 g/mol. The first-order chi connectivity index (χ1) is 15.1. The van der Waals surface area contributed by atoms with Crippen LogP contribution < -0.4 is 16.0 Å². The second-order valence-electron chi connectivity index (χ2n) is 8.23. The molecule has 2 aromatic carbocycles. The molecule has 0 radical (unpaired) electrons. The van der Waals surface area contributed by atoms with Gasteiger partial charge in [-0.25, -0.2) is 0 Å². The molecule has 3 N–H and O–H groups in total. The highest BCUT2D eigenvalue weighted by Crippen LogP contribution is 2.27. The number of carbonyl (C=O) groups excluding carboxylic acids is 1. The molecule has 6 nitrogen and oxygen atoms in total. The van der Waals surface area contributed by atoms with Gasteiger partial charge in [0.25, 0.3) is 0 Å². The number of amides is 1. The Hall–Kier alpha value is -2.13. The summed E-state index contributed by atoms with van der Waals surface area (Å²) in [6, 6.07) is 18.2. The van der Waals surface area contributed by atoms with Gasteiger partial charge < -0.3 is 20.7 Å². The number of halogens is 1. The number of aliphatic imine (C=N–C) groups is 1. The number of ether oxygens (including phenoxy) is 1. The Kier molecular flexibility index (Phi) is 11.5. The summed E-state index contributed by atoms with van der Waals surface area (Å²) in [6.45, 7) is 4.87. The van der Waals surface area contributed by atoms with Gasteiger partial charge in [-0.2, -0.15) is 0 Å². The molecule has 0 aliphatic heterocycles. The van der Waals surface area contributed by atoms with E-state index in [1.54, 1.807) is 7.05 Å². The Morgan fingerprint density at radius 2 is 1.84 bits per heavy atom. The summed E-state index contributed by atoms with van der Waals surface area (Å²) in [6.07, 6.45) is 3.17. The van der Waals surface area contributed by atoms with Gasteiger partial charge in [0, 0.05) is 31.7 Å². The maximum absolute atomic E-state index is 12.2. The van der Waals surface area contributed by atoms with E-state index in [4.69, 9.17) is 4.74 Å². The Morgan fingerprint density at radius 1 is 1.09 bits per heavy atom. The summed E-state index contributed by atoms with van der Waals surface area (Å²) in [5, 5.41) is 9.72. The van der Waals surface area contributed by atoms with Crippen LogP contribution in [0.4, 0.5) is 5.69 Å². The fraction of sp³-hybridized carbons (Fsp3) is 0.440. The van der Waals surface area contributed by atoms with Crippen molar-refractivity contribution in [1.82, 2.24) is 10.6 Å². The van der Waals surface area contributed by atoms with Crippen molar-refractivity contribution in [3.05, 3.63) is 65.7 Å². The van der Waals surface area contributed by atoms with Crippen LogP contribution in [0.2, 0.25) is 0 Å². The van der Waals surface area contributed by atoms with E-state index in [0.29, 0.717) is 25.7 Å². The van der Waals surface area contributed by atoms with E-state index in [1.807, 2.05) is 42.5 Å². The first-order valence-corrected chi connectivity index (χ1v) is 11.1. The highest BCUT2D eigenvalue weighted by molar-refractivity contribution is 14.0. The van der Waals surface area contributed by atoms with Gasteiger partial charge >= 0.3 is 0 Å². The molecule has 1 aliphatic rings. The van der Waals surface area contributed by atoms with Crippen molar-refractivity contribution in [2.24, 2.45) is 16.8 Å². The standard InChI is InChI=1S/C25H34N4O2.HI/c1-19(17-31-18-20-8-4-3-5-9-20)15-27-25(26-2)28-16-21-10-6-13-23(14-21)29-24(30)22-11-7-12-22;/h3-6,8-10,13-14,19,22H,7,11-12,15-18H2,1-2H3,(H,29,30)(H2,26,27,28);1H. The fourth-order valence-electron chi connectivity index (χ4n) is 3.36. The SMILES string of the molecule is CN=C(NCc1cccc(NC(=O)C2CCC2)c1)NCC(C)COCc1ccccc1.I. The number of nitrogens with one attached hydrogen (secondary N) is 3. The Labute approximate surface area is 208 Å². The van der Waals surface area contributed by atoms with Crippen LogP contribution in [0.25, 0.3) is 0 Å². The lowest BCUT2D eigenvalue weighted by Crippen LogP contribution is -2.39. The van der Waals surface area contributed by atoms with Crippen LogP contribution in [0.15, 0.2) is 59.6 Å². The molecular formula is C25H35IN4O2. The van der Waals surface area contributed by atoms with E-state index < -0.39 is 0 Å². The zero-order valence-electron chi connectivity index (χ0n) is 19.0. The second kappa shape index (κ2) is 14.1. The average molecular weight is 550 g/mol. The van der Waals surface area contributed by atoms with Gasteiger partial charge in [0.1, 0.15) is 0 Å². The van der Waals surface area contributed by atoms with E-state index in [9.17, 15) is 4.79 Å². The summed E-state index contributed by atoms with van der Waals surface area (Å²) in [7, 11) is 1.77. The van der Waals surface area contributed by atoms with Gasteiger partial charge in [0.05, 0.1) is 13.2 Å². The maximum atomic E-state index is 12.2. The Bertz CT molecular complexity index is 856. The molecule has 7 heteroatoms. The van der Waals surface area contributed by atoms with Crippen LogP contribution in [0, 0.1) is 11.8 Å². The molecule has 1 fully saturated rings. The number of guanidine groups is 1. The molecule has 0 aromatic heterocycles. The van der Waals surface area contributed by atoms with Crippen molar-refractivity contribution in [3.63, 3.8) is 0 Å². The third kappa shape index (κ3) is 8.78. The zero-order valence-corrected chi connectivity index (χ0v) is 21.3. The van der Waals surface area contributed by atoms with Gasteiger partial charge in [0.15, 0.2) is 5.96 Å². The van der Waals surface area contributed by atoms with Crippen molar-refractivity contribution in [2.75, 3.05) is 25.5 Å². The molecule has 2 aromatic rings. The first kappa shape index (κ1) is 26.1. The van der Waals surface area contributed by atoms with Gasteiger partial charge in [-0.15, -0.1) is 24.0 Å². The topological polar surface area (TPSA) is 74.8 Å². The summed E-state index contributed by atoms with van der Waals surface area (Å²) < 4.78 is 5.82. The minimum absolute atomic E-state index is 0. The summed E-state index contributed by atoms with van der Waals surface area (Å²) in [5.41, 5.74) is 3.13. The minimum Gasteiger partial charge on any atom is -0.376 e. The number of hydrogen-bond acceptors (Lipinski definition) is 3. The molecule has 1 aliphatic carbocycles. The van der Waals surface area contributed by atoms with Crippen LogP contribution in [0.3, 0.4) is 0 Å². The van der Waals surface area contributed by atoms with Crippen LogP contribution in [-0.2, 0) is 22.7 Å². The molecule has 3 rings (SSSR count). The normalized spacial score (nSPS) is 14.6. The molecule has 0 saturated heterocycles. The van der Waals surface area contributed by atoms with Crippen molar-refractivity contribution >= 4 is 41.5 Å². The van der Waals surface area contributed by atoms with Crippen molar-refractivity contribution in [3.8, 4) is 0 Å². The second-order valence-corrected chi connectivity index (χ2v) is 8.23. The van der Waals surface area contributed by atoms with Crippen LogP contribution in [0.1, 0.15) is 37.3 Å². The van der Waals surface area contributed by atoms with E-state index in [2.05, 4.69) is 40.0 Å². The zero-order chi connectivity index (χ0) is 21.9. The molecule has 1 amide bonds. The van der Waals surface area contributed by atoms with Crippen molar-refractivity contribution < 1.29 is 9.53 Å². The lowest BCUT2D eigenvalue weighted by atomic mass is 9.85. The third-order valence-electron chi connectivity index (χ3n) is 5.49. The molecule has 0 heterocycles. The highest BCUT2D eigenvalue weighted by atomic mass is 127. The van der Waals surface area contributed by atoms with Crippen LogP contribution >= 0.6 is 24.0 Å². The third-order valence-corrected chi connectivity index (χ3v) is 5.49. The Morgan fingerprint density at radius 3 is 2.53 bits per heavy atom. The van der Waals surface area contributed by atoms with E-state index in [1.165, 1.54) is 5.56 Å². The van der Waals surface area contributed by atoms with Gasteiger partial charge in [-0.1, -0.05) is 55.8 Å². The summed E-state index contributed by atoms with van der Waals surface area (Å²) in [4.78, 5) is 16.5. The molecule has 174 valence electrons. The maximum Gasteiger partial charge on any atom is 0.227 e. The molecule has 1 saturated carbocycles. The summed E-state index contributed by atoms with van der Waals surface area (Å²) in [5.74, 6) is 1.42. The Balaban J connectivity index is 0.00000363. The highest BCUT2D eigenvalue weighted by Gasteiger charge is 2.25. The molecule has 0 bridgehead atoms. The van der Waals surface area contributed by atoms with E-state index >= 15 is 0 Å². The predicted octanol–water partition coefficient (Wildman–Crippen LogP) is 4.56. The lowest BCUT2D eigenvalue weighted by Gasteiger charge is -2.24. The molecule has 0 spiro atoms. The van der Waals surface area contributed by atoms with Crippen molar-refractivity contribution in [2.45, 2.75) is 39.3 Å². The summed E-state index contributed by atoms with van der Waals surface area (Å²) >= 11 is 0. The molecule has 1 atom stereocenters.